The van der Waals surface area contributed by atoms with E-state index in [9.17, 15) is 0 Å². The summed E-state index contributed by atoms with van der Waals surface area (Å²) in [6, 6.07) is 0. The van der Waals surface area contributed by atoms with Crippen molar-refractivity contribution in [3.05, 3.63) is 0 Å². The van der Waals surface area contributed by atoms with Crippen molar-refractivity contribution in [3.63, 3.8) is 0 Å². The van der Waals surface area contributed by atoms with Crippen molar-refractivity contribution in [2.24, 2.45) is 0 Å². The van der Waals surface area contributed by atoms with Gasteiger partial charge < -0.3 is 0 Å². The molecule has 0 bridgehead atoms. The van der Waals surface area contributed by atoms with E-state index in [1.54, 1.807) is 0 Å². The Morgan fingerprint density at radius 3 is 1.25 bits per heavy atom. The molecule has 0 aliphatic heterocycles. The summed E-state index contributed by atoms with van der Waals surface area (Å²) in [5.41, 5.74) is 0. The van der Waals surface area contributed by atoms with E-state index >= 15 is 0 Å². The normalized spacial score (nSPS) is 4.50. The minimum Gasteiger partial charge on any atom is 0 e. The van der Waals surface area contributed by atoms with Gasteiger partial charge in [-0.15, -0.1) is 0 Å². The Balaban J connectivity index is 0. The standard InChI is InChI=1S/C2H6I.Y/c1-3-2;/h1-2H3;/q+1;. The molecule has 2 heteroatoms. The molecule has 0 spiro atoms. The number of alkyl halides is 2. The molecule has 0 heterocycles. The van der Waals surface area contributed by atoms with Gasteiger partial charge in [0.05, 0.1) is 0 Å². The smallest absolute Gasteiger partial charge is 0 e. The molecule has 0 aromatic heterocycles. The number of rotatable bonds is 0. The van der Waals surface area contributed by atoms with Gasteiger partial charge in [0.25, 0.3) is 21.2 Å². The van der Waals surface area contributed by atoms with Gasteiger partial charge in [0.2, 0.25) is 0 Å². The van der Waals surface area contributed by atoms with Crippen LogP contribution >= 0.6 is 0 Å². The molecule has 0 atom stereocenters. The van der Waals surface area contributed by atoms with Gasteiger partial charge in [0.15, 0.2) is 0 Å². The van der Waals surface area contributed by atoms with Gasteiger partial charge in [-0.05, 0) is 0 Å². The van der Waals surface area contributed by atoms with Crippen LogP contribution in [-0.2, 0) is 32.7 Å². The second-order valence-electron chi connectivity index (χ2n) is 0.378. The van der Waals surface area contributed by atoms with E-state index < -0.39 is 0 Å². The van der Waals surface area contributed by atoms with Crippen molar-refractivity contribution in [2.75, 3.05) is 9.86 Å². The average molecular weight is 246 g/mol. The Labute approximate surface area is 62.9 Å². The van der Waals surface area contributed by atoms with E-state index in [1.807, 2.05) is 0 Å². The molecule has 0 unspecified atom stereocenters. The zero-order valence-electron chi connectivity index (χ0n) is 2.96. The minimum absolute atomic E-state index is 0. The van der Waals surface area contributed by atoms with Crippen molar-refractivity contribution in [3.8, 4) is 0 Å². The first-order chi connectivity index (χ1) is 1.41. The summed E-state index contributed by atoms with van der Waals surface area (Å²) in [6.07, 6.45) is 0. The molecule has 0 aliphatic rings. The van der Waals surface area contributed by atoms with Crippen LogP contribution in [0.2, 0.25) is 0 Å². The molecule has 0 nitrogen and oxygen atoms in total. The van der Waals surface area contributed by atoms with E-state index in [2.05, 4.69) is 9.86 Å². The zero-order valence-corrected chi connectivity index (χ0v) is 7.95. The van der Waals surface area contributed by atoms with Crippen LogP contribution in [0.15, 0.2) is 0 Å². The van der Waals surface area contributed by atoms with E-state index in [0.29, 0.717) is 21.2 Å². The maximum atomic E-state index is 2.24. The van der Waals surface area contributed by atoms with Crippen LogP contribution in [0.1, 0.15) is 0 Å². The van der Waals surface area contributed by atoms with Gasteiger partial charge >= 0.3 is 0 Å². The average Bonchev–Trinajstić information content (AvgIpc) is 0.918. The van der Waals surface area contributed by atoms with Gasteiger partial charge in [-0.1, -0.05) is 0 Å². The second kappa shape index (κ2) is 8.85. The van der Waals surface area contributed by atoms with Crippen molar-refractivity contribution in [1.82, 2.24) is 0 Å². The third-order valence-electron chi connectivity index (χ3n) is 0. The second-order valence-corrected chi connectivity index (χ2v) is 2.54. The summed E-state index contributed by atoms with van der Waals surface area (Å²) < 4.78 is 0. The van der Waals surface area contributed by atoms with Crippen LogP contribution in [0.5, 0.6) is 0 Å². The fourth-order valence-corrected chi connectivity index (χ4v) is 0. The molecular formula is C2H6IY+. The number of halogens is 1. The monoisotopic (exact) mass is 246 g/mol. The molecule has 0 saturated carbocycles. The third kappa shape index (κ3) is 9.16. The molecule has 23 valence electrons. The van der Waals surface area contributed by atoms with Crippen LogP contribution in [0, 0.1) is 0 Å². The van der Waals surface area contributed by atoms with Crippen molar-refractivity contribution in [1.29, 1.82) is 0 Å². The summed E-state index contributed by atoms with van der Waals surface area (Å²) in [5, 5.41) is 0. The molecule has 1 radical (unpaired) electrons. The summed E-state index contributed by atoms with van der Waals surface area (Å²) in [6.45, 7) is 0. The van der Waals surface area contributed by atoms with Crippen molar-refractivity contribution in [2.45, 2.75) is 0 Å². The topological polar surface area (TPSA) is 0 Å². The summed E-state index contributed by atoms with van der Waals surface area (Å²) in [4.78, 5) is 4.47. The van der Waals surface area contributed by atoms with E-state index in [4.69, 9.17) is 0 Å². The summed E-state index contributed by atoms with van der Waals surface area (Å²) in [5.74, 6) is 0. The van der Waals surface area contributed by atoms with Gasteiger partial charge in [0.1, 0.15) is 9.86 Å². The molecule has 0 aromatic rings. The predicted molar refractivity (Wildman–Crippen MR) is 11.8 cm³/mol. The van der Waals surface area contributed by atoms with Gasteiger partial charge in [-0.25, -0.2) is 0 Å². The first kappa shape index (κ1) is 9.27. The Hall–Kier alpha value is 1.83. The number of hydrogen-bond acceptors (Lipinski definition) is 0. The Kier molecular flexibility index (Phi) is 20.5. The Morgan fingerprint density at radius 2 is 1.25 bits per heavy atom. The molecule has 4 heavy (non-hydrogen) atoms. The molecule has 0 fully saturated rings. The molecule has 0 aromatic carbocycles. The van der Waals surface area contributed by atoms with Crippen LogP contribution < -0.4 is 21.2 Å². The van der Waals surface area contributed by atoms with Crippen molar-refractivity contribution >= 4 is 0 Å². The first-order valence-electron chi connectivity index (χ1n) is 0.756. The van der Waals surface area contributed by atoms with Gasteiger partial charge in [-0.3, -0.25) is 0 Å². The summed E-state index contributed by atoms with van der Waals surface area (Å²) >= 11 is 0.590. The van der Waals surface area contributed by atoms with Gasteiger partial charge in [-0.2, -0.15) is 0 Å². The van der Waals surface area contributed by atoms with Gasteiger partial charge in [0, 0.05) is 32.7 Å². The Bertz CT molecular complexity index is 6.00. The minimum atomic E-state index is 0. The van der Waals surface area contributed by atoms with E-state index in [0.717, 1.165) is 0 Å². The quantitative estimate of drug-likeness (QED) is 0.323. The SMILES string of the molecule is C[I+]C.[Y]. The first-order valence-corrected chi connectivity index (χ1v) is 5.07. The van der Waals surface area contributed by atoms with Crippen LogP contribution in [0.4, 0.5) is 0 Å². The maximum Gasteiger partial charge on any atom is 0.261 e. The predicted octanol–water partition coefficient (Wildman–Crippen LogP) is -2.67. The maximum absolute atomic E-state index is 2.24. The third-order valence-corrected chi connectivity index (χ3v) is 0. The molecule has 0 saturated heterocycles. The van der Waals surface area contributed by atoms with Crippen molar-refractivity contribution < 1.29 is 53.9 Å². The van der Waals surface area contributed by atoms with E-state index in [-0.39, 0.29) is 32.7 Å². The molecule has 0 amide bonds. The number of hydrogen-bond donors (Lipinski definition) is 0. The molecule has 0 aliphatic carbocycles. The van der Waals surface area contributed by atoms with Crippen LogP contribution in [0.25, 0.3) is 0 Å². The van der Waals surface area contributed by atoms with E-state index in [1.165, 1.54) is 0 Å². The fourth-order valence-electron chi connectivity index (χ4n) is 0. The molecule has 0 rings (SSSR count). The zero-order chi connectivity index (χ0) is 2.71. The molecular weight excluding hydrogens is 240 g/mol. The van der Waals surface area contributed by atoms with Crippen LogP contribution in [0.3, 0.4) is 0 Å². The Morgan fingerprint density at radius 1 is 1.25 bits per heavy atom. The largest absolute Gasteiger partial charge is 0.261 e. The summed E-state index contributed by atoms with van der Waals surface area (Å²) in [7, 11) is 0. The van der Waals surface area contributed by atoms with Crippen LogP contribution in [-0.4, -0.2) is 9.86 Å². The molecule has 0 N–H and O–H groups in total. The fraction of sp³-hybridized carbons (Fsp3) is 1.00.